The smallest absolute Gasteiger partial charge is 0.264 e. The molecule has 4 aromatic rings. The third-order valence-corrected chi connectivity index (χ3v) is 10.5. The van der Waals surface area contributed by atoms with Crippen LogP contribution in [0.25, 0.3) is 0 Å². The van der Waals surface area contributed by atoms with E-state index >= 15 is 0 Å². The number of hydrogen-bond donors (Lipinski definition) is 1. The van der Waals surface area contributed by atoms with Crippen molar-refractivity contribution in [2.75, 3.05) is 17.4 Å². The SMILES string of the molecule is CCCCNC(=O)[C@H](Cc1ccccc1)N(Cc1ccc(Cl)c(Cl)c1)C(=O)CN(c1ccc(C)cc1C)S(=O)(=O)c1ccc(C)cc1. The standard InChI is InChI=1S/C37H41Cl2N3O4S/c1-5-6-20-40-37(44)35(23-29-10-8-7-9-11-29)41(24-30-15-18-32(38)33(39)22-30)36(43)25-42(34-19-14-27(3)21-28(34)4)47(45,46)31-16-12-26(2)13-17-31/h7-19,21-22,35H,5-6,20,23-25H2,1-4H3,(H,40,44)/t35-/m0/s1. The van der Waals surface area contributed by atoms with Crippen LogP contribution in [-0.4, -0.2) is 44.3 Å². The molecule has 1 atom stereocenters. The van der Waals surface area contributed by atoms with Crippen molar-refractivity contribution >= 4 is 50.7 Å². The fraction of sp³-hybridized carbons (Fsp3) is 0.297. The monoisotopic (exact) mass is 693 g/mol. The zero-order valence-electron chi connectivity index (χ0n) is 27.2. The predicted octanol–water partition coefficient (Wildman–Crippen LogP) is 7.67. The van der Waals surface area contributed by atoms with E-state index in [1.54, 1.807) is 48.5 Å². The van der Waals surface area contributed by atoms with E-state index in [0.717, 1.165) is 33.8 Å². The van der Waals surface area contributed by atoms with Gasteiger partial charge in [-0.1, -0.05) is 108 Å². The minimum Gasteiger partial charge on any atom is -0.354 e. The molecule has 0 heterocycles. The van der Waals surface area contributed by atoms with Gasteiger partial charge in [-0.25, -0.2) is 8.42 Å². The Bertz CT molecular complexity index is 1800. The first-order valence-corrected chi connectivity index (χ1v) is 17.8. The van der Waals surface area contributed by atoms with Gasteiger partial charge in [0, 0.05) is 19.5 Å². The topological polar surface area (TPSA) is 86.8 Å². The molecule has 47 heavy (non-hydrogen) atoms. The van der Waals surface area contributed by atoms with Crippen LogP contribution in [0.5, 0.6) is 0 Å². The third-order valence-electron chi connectivity index (χ3n) is 7.95. The van der Waals surface area contributed by atoms with Crippen LogP contribution in [0.2, 0.25) is 10.0 Å². The largest absolute Gasteiger partial charge is 0.354 e. The molecule has 0 saturated carbocycles. The van der Waals surface area contributed by atoms with Gasteiger partial charge in [0.15, 0.2) is 0 Å². The average Bonchev–Trinajstić information content (AvgIpc) is 3.04. The van der Waals surface area contributed by atoms with Crippen molar-refractivity contribution in [3.8, 4) is 0 Å². The molecule has 0 spiro atoms. The second-order valence-electron chi connectivity index (χ2n) is 11.7. The molecule has 7 nitrogen and oxygen atoms in total. The number of carbonyl (C=O) groups excluding carboxylic acids is 2. The Hall–Kier alpha value is -3.85. The van der Waals surface area contributed by atoms with Gasteiger partial charge in [0.1, 0.15) is 12.6 Å². The molecular formula is C37H41Cl2N3O4S. The summed E-state index contributed by atoms with van der Waals surface area (Å²) >= 11 is 12.6. The number of hydrogen-bond acceptors (Lipinski definition) is 4. The molecule has 4 aromatic carbocycles. The van der Waals surface area contributed by atoms with Crippen molar-refractivity contribution < 1.29 is 18.0 Å². The van der Waals surface area contributed by atoms with E-state index < -0.39 is 28.5 Å². The van der Waals surface area contributed by atoms with Gasteiger partial charge in [-0.2, -0.15) is 0 Å². The third kappa shape index (κ3) is 9.37. The average molecular weight is 695 g/mol. The lowest BCUT2D eigenvalue weighted by atomic mass is 10.0. The molecule has 4 rings (SSSR count). The van der Waals surface area contributed by atoms with Gasteiger partial charge in [-0.15, -0.1) is 0 Å². The summed E-state index contributed by atoms with van der Waals surface area (Å²) in [5.41, 5.74) is 4.44. The summed E-state index contributed by atoms with van der Waals surface area (Å²) < 4.78 is 29.7. The highest BCUT2D eigenvalue weighted by Gasteiger charge is 2.35. The van der Waals surface area contributed by atoms with E-state index in [2.05, 4.69) is 5.32 Å². The van der Waals surface area contributed by atoms with Gasteiger partial charge in [0.2, 0.25) is 11.8 Å². The number of nitrogens with one attached hydrogen (secondary N) is 1. The second kappa shape index (κ2) is 16.3. The fourth-order valence-electron chi connectivity index (χ4n) is 5.33. The minimum absolute atomic E-state index is 0.000278. The summed E-state index contributed by atoms with van der Waals surface area (Å²) in [7, 11) is -4.20. The number of nitrogens with zero attached hydrogens (tertiary/aromatic N) is 2. The summed E-state index contributed by atoms with van der Waals surface area (Å²) in [5, 5.41) is 3.66. The van der Waals surface area contributed by atoms with Crippen LogP contribution in [0, 0.1) is 20.8 Å². The molecule has 10 heteroatoms. The van der Waals surface area contributed by atoms with Crippen molar-refractivity contribution in [3.63, 3.8) is 0 Å². The summed E-state index contributed by atoms with van der Waals surface area (Å²) in [6.45, 7) is 7.56. The molecule has 2 amide bonds. The number of sulfonamides is 1. The number of anilines is 1. The van der Waals surface area contributed by atoms with Crippen molar-refractivity contribution in [3.05, 3.63) is 129 Å². The van der Waals surface area contributed by atoms with Crippen LogP contribution < -0.4 is 9.62 Å². The summed E-state index contributed by atoms with van der Waals surface area (Å²) in [6, 6.07) is 25.5. The van der Waals surface area contributed by atoms with Crippen LogP contribution in [0.15, 0.2) is 95.9 Å². The highest BCUT2D eigenvalue weighted by molar-refractivity contribution is 7.92. The number of unbranched alkanes of at least 4 members (excludes halogenated alkanes) is 1. The van der Waals surface area contributed by atoms with E-state index in [9.17, 15) is 18.0 Å². The number of aryl methyl sites for hydroxylation is 3. The molecule has 0 aliphatic carbocycles. The zero-order chi connectivity index (χ0) is 34.1. The van der Waals surface area contributed by atoms with Crippen molar-refractivity contribution in [2.24, 2.45) is 0 Å². The molecule has 0 fully saturated rings. The Morgan fingerprint density at radius 1 is 0.809 bits per heavy atom. The lowest BCUT2D eigenvalue weighted by Gasteiger charge is -2.34. The summed E-state index contributed by atoms with van der Waals surface area (Å²) in [6.07, 6.45) is 1.89. The van der Waals surface area contributed by atoms with Crippen molar-refractivity contribution in [1.29, 1.82) is 0 Å². The maximum absolute atomic E-state index is 14.6. The fourth-order valence-corrected chi connectivity index (χ4v) is 7.13. The summed E-state index contributed by atoms with van der Waals surface area (Å²) in [4.78, 5) is 30.0. The van der Waals surface area contributed by atoms with E-state index in [4.69, 9.17) is 23.2 Å². The molecule has 0 radical (unpaired) electrons. The van der Waals surface area contributed by atoms with Crippen LogP contribution in [0.3, 0.4) is 0 Å². The van der Waals surface area contributed by atoms with Crippen LogP contribution >= 0.6 is 23.2 Å². The lowest BCUT2D eigenvalue weighted by molar-refractivity contribution is -0.140. The maximum atomic E-state index is 14.6. The number of carbonyl (C=O) groups is 2. The molecule has 1 N–H and O–H groups in total. The molecule has 0 unspecified atom stereocenters. The molecule has 0 saturated heterocycles. The van der Waals surface area contributed by atoms with E-state index in [0.29, 0.717) is 33.4 Å². The Kier molecular flexibility index (Phi) is 12.5. The number of amides is 2. The molecule has 0 aliphatic heterocycles. The van der Waals surface area contributed by atoms with Crippen LogP contribution in [0.4, 0.5) is 5.69 Å². The molecule has 0 aromatic heterocycles. The first-order valence-electron chi connectivity index (χ1n) is 15.6. The quantitative estimate of drug-likeness (QED) is 0.137. The second-order valence-corrected chi connectivity index (χ2v) is 14.4. The van der Waals surface area contributed by atoms with Crippen LogP contribution in [-0.2, 0) is 32.6 Å². The summed E-state index contributed by atoms with van der Waals surface area (Å²) in [5.74, 6) is -0.867. The van der Waals surface area contributed by atoms with Gasteiger partial charge in [0.05, 0.1) is 20.6 Å². The number of rotatable bonds is 14. The van der Waals surface area contributed by atoms with Gasteiger partial charge in [0.25, 0.3) is 10.0 Å². The number of benzene rings is 4. The maximum Gasteiger partial charge on any atom is 0.264 e. The van der Waals surface area contributed by atoms with Gasteiger partial charge < -0.3 is 10.2 Å². The van der Waals surface area contributed by atoms with E-state index in [1.165, 1.54) is 4.90 Å². The van der Waals surface area contributed by atoms with Gasteiger partial charge in [-0.05, 0) is 74.2 Å². The van der Waals surface area contributed by atoms with E-state index in [-0.39, 0.29) is 23.8 Å². The van der Waals surface area contributed by atoms with Gasteiger partial charge in [-0.3, -0.25) is 13.9 Å². The van der Waals surface area contributed by atoms with Crippen molar-refractivity contribution in [2.45, 2.75) is 64.4 Å². The Balaban J connectivity index is 1.83. The molecular weight excluding hydrogens is 653 g/mol. The Morgan fingerprint density at radius 3 is 2.13 bits per heavy atom. The normalized spacial score (nSPS) is 12.0. The van der Waals surface area contributed by atoms with Crippen molar-refractivity contribution in [1.82, 2.24) is 10.2 Å². The predicted molar refractivity (Wildman–Crippen MR) is 190 cm³/mol. The Morgan fingerprint density at radius 2 is 1.49 bits per heavy atom. The van der Waals surface area contributed by atoms with Gasteiger partial charge >= 0.3 is 0 Å². The lowest BCUT2D eigenvalue weighted by Crippen LogP contribution is -2.53. The minimum atomic E-state index is -4.20. The molecule has 0 bridgehead atoms. The van der Waals surface area contributed by atoms with Crippen LogP contribution in [0.1, 0.15) is 47.6 Å². The first kappa shape index (κ1) is 36.0. The number of halogens is 2. The molecule has 0 aliphatic rings. The zero-order valence-corrected chi connectivity index (χ0v) is 29.5. The molecule has 248 valence electrons. The Labute approximate surface area is 288 Å². The highest BCUT2D eigenvalue weighted by atomic mass is 35.5. The van der Waals surface area contributed by atoms with E-state index in [1.807, 2.05) is 70.2 Å². The first-order chi connectivity index (χ1) is 22.4. The highest BCUT2D eigenvalue weighted by Crippen LogP contribution is 2.29.